The van der Waals surface area contributed by atoms with Gasteiger partial charge in [-0.3, -0.25) is 0 Å². The number of hydrogen-bond acceptors (Lipinski definition) is 0. The molecule has 0 amide bonds. The Kier molecular flexibility index (Phi) is 5.47. The fourth-order valence-electron chi connectivity index (χ4n) is 1.92. The molecule has 1 nitrogen and oxygen atoms in total. The van der Waals surface area contributed by atoms with Crippen molar-refractivity contribution in [3.8, 4) is 0 Å². The summed E-state index contributed by atoms with van der Waals surface area (Å²) >= 11 is 0. The predicted octanol–water partition coefficient (Wildman–Crippen LogP) is -2.28. The topological polar surface area (TPSA) is 4.44 Å². The molecule has 0 radical (unpaired) electrons. The Bertz CT molecular complexity index is 85.6. The monoisotopic (exact) mass is 161 g/mol. The number of nitrogens with one attached hydrogen (secondary N) is 1. The Morgan fingerprint density at radius 1 is 1.36 bits per heavy atom. The summed E-state index contributed by atoms with van der Waals surface area (Å²) in [5, 5.41) is 0. The zero-order valence-corrected chi connectivity index (χ0v) is 7.70. The molecular weight excluding hydrogens is 141 g/mol. The number of likely N-dealkylation sites (tertiary alicyclic amines) is 1. The van der Waals surface area contributed by atoms with Crippen LogP contribution in [0.5, 0.6) is 0 Å². The first-order chi connectivity index (χ1) is 4.86. The van der Waals surface area contributed by atoms with Gasteiger partial charge in [0.25, 0.3) is 0 Å². The van der Waals surface area contributed by atoms with Crippen molar-refractivity contribution in [2.75, 3.05) is 19.6 Å². The second kappa shape index (κ2) is 5.53. The maximum absolute atomic E-state index is 2.32. The maximum Gasteiger partial charge on any atom is 0.0799 e. The van der Waals surface area contributed by atoms with Crippen LogP contribution in [0.25, 0.3) is 0 Å². The molecule has 1 aliphatic heterocycles. The van der Waals surface area contributed by atoms with Crippen molar-refractivity contribution in [2.24, 2.45) is 5.92 Å². The number of quaternary nitrogens is 1. The number of rotatable bonds is 2. The minimum atomic E-state index is 0. The van der Waals surface area contributed by atoms with Gasteiger partial charge in [-0.05, 0) is 26.2 Å². The van der Waals surface area contributed by atoms with Crippen molar-refractivity contribution < 1.29 is 9.60 Å². The summed E-state index contributed by atoms with van der Waals surface area (Å²) in [4.78, 5) is 1.82. The molecule has 1 fully saturated rings. The van der Waals surface area contributed by atoms with Crippen LogP contribution in [-0.2, 0) is 0 Å². The molecule has 2 heteroatoms. The van der Waals surface area contributed by atoms with E-state index in [0.717, 1.165) is 5.92 Å². The van der Waals surface area contributed by atoms with E-state index in [1.165, 1.54) is 38.9 Å². The van der Waals surface area contributed by atoms with Crippen molar-refractivity contribution >= 4 is 0 Å². The van der Waals surface area contributed by atoms with Crippen LogP contribution in [0.2, 0.25) is 0 Å². The van der Waals surface area contributed by atoms with E-state index in [1.807, 2.05) is 4.90 Å². The third-order valence-electron chi connectivity index (χ3n) is 2.80. The zero-order chi connectivity index (χ0) is 7.40. The summed E-state index contributed by atoms with van der Waals surface area (Å²) in [6.07, 6.45) is 4.34. The van der Waals surface area contributed by atoms with Gasteiger partial charge in [0.05, 0.1) is 19.6 Å². The average Bonchev–Trinajstić information content (AvgIpc) is 2.05. The molecule has 0 aromatic heterocycles. The second-order valence-corrected chi connectivity index (χ2v) is 3.47. The Labute approximate surface area is 69.1 Å². The third-order valence-corrected chi connectivity index (χ3v) is 2.80. The van der Waals surface area contributed by atoms with Crippen molar-refractivity contribution in [1.29, 1.82) is 0 Å². The highest BCUT2D eigenvalue weighted by Gasteiger charge is 2.19. The van der Waals surface area contributed by atoms with E-state index in [2.05, 4.69) is 13.8 Å². The van der Waals surface area contributed by atoms with Gasteiger partial charge in [0.1, 0.15) is 0 Å². The van der Waals surface area contributed by atoms with E-state index >= 15 is 0 Å². The van der Waals surface area contributed by atoms with Crippen molar-refractivity contribution in [3.63, 3.8) is 0 Å². The van der Waals surface area contributed by atoms with Gasteiger partial charge in [-0.2, -0.15) is 0 Å². The minimum absolute atomic E-state index is 0. The molecule has 1 saturated heterocycles. The number of hydrogen-bond donors (Lipinski definition) is 1. The smallest absolute Gasteiger partial charge is 0.0799 e. The normalized spacial score (nSPS) is 31.1. The first-order valence-electron chi connectivity index (χ1n) is 4.70. The summed E-state index contributed by atoms with van der Waals surface area (Å²) in [7, 11) is 0. The standard InChI is InChI=1S/C9H19N.FH/c1-3-9-6-5-7-10(4-2)8-9;/h9H,3-8H2,1-2H3;1H. The lowest BCUT2D eigenvalue weighted by molar-refractivity contribution is -0.907. The lowest BCUT2D eigenvalue weighted by Gasteiger charge is -2.28. The average molecular weight is 161 g/mol. The Morgan fingerprint density at radius 2 is 2.09 bits per heavy atom. The van der Waals surface area contributed by atoms with Crippen LogP contribution in [-0.4, -0.2) is 19.6 Å². The maximum atomic E-state index is 2.32. The summed E-state index contributed by atoms with van der Waals surface area (Å²) < 4.78 is 0. The fraction of sp³-hybridized carbons (Fsp3) is 1.00. The minimum Gasteiger partial charge on any atom is -1.00 e. The Morgan fingerprint density at radius 3 is 2.64 bits per heavy atom. The van der Waals surface area contributed by atoms with E-state index in [-0.39, 0.29) is 4.70 Å². The van der Waals surface area contributed by atoms with Crippen LogP contribution in [0.1, 0.15) is 33.1 Å². The summed E-state index contributed by atoms with van der Waals surface area (Å²) in [6.45, 7) is 8.81. The van der Waals surface area contributed by atoms with Gasteiger partial charge in [0.15, 0.2) is 0 Å². The predicted molar refractivity (Wildman–Crippen MR) is 44.3 cm³/mol. The van der Waals surface area contributed by atoms with Crippen molar-refractivity contribution in [2.45, 2.75) is 33.1 Å². The summed E-state index contributed by atoms with van der Waals surface area (Å²) in [5.41, 5.74) is 0. The van der Waals surface area contributed by atoms with E-state index in [4.69, 9.17) is 0 Å². The molecule has 1 aliphatic rings. The number of halogens is 1. The molecule has 2 atom stereocenters. The van der Waals surface area contributed by atoms with Crippen LogP contribution in [0, 0.1) is 5.92 Å². The lowest BCUT2D eigenvalue weighted by Crippen LogP contribution is -3.13. The van der Waals surface area contributed by atoms with Gasteiger partial charge in [-0.1, -0.05) is 6.92 Å². The Hall–Kier alpha value is -0.110. The summed E-state index contributed by atoms with van der Waals surface area (Å²) in [5.74, 6) is 1.03. The van der Waals surface area contributed by atoms with Crippen LogP contribution < -0.4 is 9.60 Å². The lowest BCUT2D eigenvalue weighted by atomic mass is 9.96. The molecule has 1 N–H and O–H groups in total. The SMILES string of the molecule is CCC1CCC[NH+](CC)C1.[F-]. The molecule has 2 unspecified atom stereocenters. The fourth-order valence-corrected chi connectivity index (χ4v) is 1.92. The molecule has 68 valence electrons. The number of piperidine rings is 1. The highest BCUT2D eigenvalue weighted by Crippen LogP contribution is 2.10. The van der Waals surface area contributed by atoms with E-state index in [1.54, 1.807) is 0 Å². The zero-order valence-electron chi connectivity index (χ0n) is 7.70. The van der Waals surface area contributed by atoms with Gasteiger partial charge in [-0.15, -0.1) is 0 Å². The van der Waals surface area contributed by atoms with E-state index in [0.29, 0.717) is 0 Å². The summed E-state index contributed by atoms with van der Waals surface area (Å²) in [6, 6.07) is 0. The van der Waals surface area contributed by atoms with Gasteiger partial charge in [0.2, 0.25) is 0 Å². The highest BCUT2D eigenvalue weighted by atomic mass is 19.0. The highest BCUT2D eigenvalue weighted by molar-refractivity contribution is 4.58. The van der Waals surface area contributed by atoms with Crippen LogP contribution in [0.15, 0.2) is 0 Å². The van der Waals surface area contributed by atoms with Gasteiger partial charge in [-0.25, -0.2) is 0 Å². The molecule has 0 aliphatic carbocycles. The molecule has 0 saturated carbocycles. The Balaban J connectivity index is 0.000001000. The van der Waals surface area contributed by atoms with Crippen molar-refractivity contribution in [3.05, 3.63) is 0 Å². The van der Waals surface area contributed by atoms with Gasteiger partial charge < -0.3 is 9.60 Å². The molecule has 1 rings (SSSR count). The first kappa shape index (κ1) is 10.9. The van der Waals surface area contributed by atoms with Gasteiger partial charge >= 0.3 is 0 Å². The van der Waals surface area contributed by atoms with E-state index in [9.17, 15) is 0 Å². The third kappa shape index (κ3) is 3.19. The largest absolute Gasteiger partial charge is 1.00 e. The molecule has 0 bridgehead atoms. The molecule has 1 heterocycles. The van der Waals surface area contributed by atoms with Crippen molar-refractivity contribution in [1.82, 2.24) is 0 Å². The molecule has 11 heavy (non-hydrogen) atoms. The molecular formula is C9H20FN. The van der Waals surface area contributed by atoms with E-state index < -0.39 is 0 Å². The van der Waals surface area contributed by atoms with Crippen LogP contribution in [0.4, 0.5) is 0 Å². The first-order valence-corrected chi connectivity index (χ1v) is 4.70. The molecule has 0 aromatic rings. The quantitative estimate of drug-likeness (QED) is 0.465. The second-order valence-electron chi connectivity index (χ2n) is 3.47. The van der Waals surface area contributed by atoms with Crippen LogP contribution >= 0.6 is 0 Å². The molecule has 0 aromatic carbocycles. The van der Waals surface area contributed by atoms with Gasteiger partial charge in [0, 0.05) is 5.92 Å². The molecule has 0 spiro atoms. The van der Waals surface area contributed by atoms with Crippen LogP contribution in [0.3, 0.4) is 0 Å².